The zero-order valence-corrected chi connectivity index (χ0v) is 12.0. The Kier molecular flexibility index (Phi) is 4.15. The van der Waals surface area contributed by atoms with Crippen LogP contribution in [0.25, 0.3) is 0 Å². The van der Waals surface area contributed by atoms with Crippen LogP contribution in [-0.2, 0) is 17.8 Å². The molecule has 3 rings (SSSR count). The lowest BCUT2D eigenvalue weighted by Gasteiger charge is -2.28. The number of hydrogen-bond donors (Lipinski definition) is 0. The van der Waals surface area contributed by atoms with Crippen molar-refractivity contribution in [3.05, 3.63) is 83.9 Å². The number of rotatable bonds is 4. The van der Waals surface area contributed by atoms with E-state index in [0.29, 0.717) is 13.1 Å². The Morgan fingerprint density at radius 1 is 0.905 bits per heavy atom. The number of carbonyl (C=O) groups is 1. The normalized spacial score (nSPS) is 18.0. The van der Waals surface area contributed by atoms with Gasteiger partial charge in [-0.2, -0.15) is 0 Å². The van der Waals surface area contributed by atoms with Crippen LogP contribution >= 0.6 is 0 Å². The van der Waals surface area contributed by atoms with Gasteiger partial charge in [0, 0.05) is 13.1 Å². The van der Waals surface area contributed by atoms with Crippen molar-refractivity contribution >= 4 is 5.91 Å². The Bertz CT molecular complexity index is 619. The molecule has 0 unspecified atom stereocenters. The maximum atomic E-state index is 12.6. The zero-order chi connectivity index (χ0) is 14.5. The fraction of sp³-hybridized carbons (Fsp3) is 0.211. The van der Waals surface area contributed by atoms with E-state index in [1.807, 2.05) is 41.3 Å². The SMILES string of the molecule is O=C1[C@@H](Cc2ccccc2)C=CCN1Cc1ccccc1. The van der Waals surface area contributed by atoms with E-state index in [2.05, 4.69) is 36.4 Å². The van der Waals surface area contributed by atoms with Gasteiger partial charge in [0.05, 0.1) is 5.92 Å². The molecular weight excluding hydrogens is 258 g/mol. The van der Waals surface area contributed by atoms with Gasteiger partial charge in [0.1, 0.15) is 0 Å². The summed E-state index contributed by atoms with van der Waals surface area (Å²) in [6.07, 6.45) is 4.94. The molecule has 0 bridgehead atoms. The lowest BCUT2D eigenvalue weighted by atomic mass is 9.95. The van der Waals surface area contributed by atoms with E-state index < -0.39 is 0 Å². The summed E-state index contributed by atoms with van der Waals surface area (Å²) in [5.74, 6) is 0.190. The third kappa shape index (κ3) is 3.40. The van der Waals surface area contributed by atoms with Crippen molar-refractivity contribution < 1.29 is 4.79 Å². The van der Waals surface area contributed by atoms with Gasteiger partial charge >= 0.3 is 0 Å². The van der Waals surface area contributed by atoms with Gasteiger partial charge in [-0.15, -0.1) is 0 Å². The minimum atomic E-state index is -0.0372. The third-order valence-electron chi connectivity index (χ3n) is 3.84. The number of hydrogen-bond acceptors (Lipinski definition) is 1. The van der Waals surface area contributed by atoms with Crippen LogP contribution in [0.1, 0.15) is 11.1 Å². The van der Waals surface area contributed by atoms with Crippen LogP contribution in [-0.4, -0.2) is 17.4 Å². The second-order valence-electron chi connectivity index (χ2n) is 5.43. The number of amides is 1. The van der Waals surface area contributed by atoms with Crippen LogP contribution in [0.15, 0.2) is 72.8 Å². The molecule has 0 aromatic heterocycles. The summed E-state index contributed by atoms with van der Waals surface area (Å²) in [5, 5.41) is 0. The Hall–Kier alpha value is -2.35. The molecule has 106 valence electrons. The highest BCUT2D eigenvalue weighted by Gasteiger charge is 2.25. The molecule has 0 saturated heterocycles. The van der Waals surface area contributed by atoms with Crippen molar-refractivity contribution in [1.82, 2.24) is 4.90 Å². The monoisotopic (exact) mass is 277 g/mol. The summed E-state index contributed by atoms with van der Waals surface area (Å²) in [6.45, 7) is 1.40. The number of nitrogens with zero attached hydrogens (tertiary/aromatic N) is 1. The van der Waals surface area contributed by atoms with Crippen molar-refractivity contribution in [2.24, 2.45) is 5.92 Å². The highest BCUT2D eigenvalue weighted by atomic mass is 16.2. The average molecular weight is 277 g/mol. The lowest BCUT2D eigenvalue weighted by Crippen LogP contribution is -2.38. The van der Waals surface area contributed by atoms with Gasteiger partial charge in [-0.3, -0.25) is 4.79 Å². The van der Waals surface area contributed by atoms with Gasteiger partial charge in [-0.25, -0.2) is 0 Å². The van der Waals surface area contributed by atoms with Crippen molar-refractivity contribution in [3.63, 3.8) is 0 Å². The maximum Gasteiger partial charge on any atom is 0.230 e. The quantitative estimate of drug-likeness (QED) is 0.784. The van der Waals surface area contributed by atoms with Gasteiger partial charge in [-0.05, 0) is 17.5 Å². The highest BCUT2D eigenvalue weighted by molar-refractivity contribution is 5.82. The van der Waals surface area contributed by atoms with Crippen LogP contribution in [0.5, 0.6) is 0 Å². The van der Waals surface area contributed by atoms with E-state index >= 15 is 0 Å². The summed E-state index contributed by atoms with van der Waals surface area (Å²) in [7, 11) is 0. The van der Waals surface area contributed by atoms with E-state index in [-0.39, 0.29) is 11.8 Å². The zero-order valence-electron chi connectivity index (χ0n) is 12.0. The van der Waals surface area contributed by atoms with Gasteiger partial charge < -0.3 is 4.90 Å². The highest BCUT2D eigenvalue weighted by Crippen LogP contribution is 2.19. The summed E-state index contributed by atoms with van der Waals surface area (Å²) in [4.78, 5) is 14.5. The summed E-state index contributed by atoms with van der Waals surface area (Å²) < 4.78 is 0. The van der Waals surface area contributed by atoms with E-state index in [1.165, 1.54) is 11.1 Å². The first-order chi connectivity index (χ1) is 10.3. The number of carbonyl (C=O) groups excluding carboxylic acids is 1. The van der Waals surface area contributed by atoms with E-state index in [4.69, 9.17) is 0 Å². The molecule has 2 heteroatoms. The molecule has 0 saturated carbocycles. The van der Waals surface area contributed by atoms with Crippen LogP contribution < -0.4 is 0 Å². The molecule has 21 heavy (non-hydrogen) atoms. The number of benzene rings is 2. The van der Waals surface area contributed by atoms with Gasteiger partial charge in [0.15, 0.2) is 0 Å². The minimum absolute atomic E-state index is 0.0372. The van der Waals surface area contributed by atoms with Crippen LogP contribution in [0.2, 0.25) is 0 Å². The van der Waals surface area contributed by atoms with Gasteiger partial charge in [0.25, 0.3) is 0 Å². The van der Waals surface area contributed by atoms with Crippen molar-refractivity contribution in [1.29, 1.82) is 0 Å². The van der Waals surface area contributed by atoms with Gasteiger partial charge in [0.2, 0.25) is 5.91 Å². The first-order valence-electron chi connectivity index (χ1n) is 7.36. The van der Waals surface area contributed by atoms with E-state index in [9.17, 15) is 4.79 Å². The van der Waals surface area contributed by atoms with Crippen LogP contribution in [0.4, 0.5) is 0 Å². The fourth-order valence-corrected chi connectivity index (χ4v) is 2.73. The largest absolute Gasteiger partial charge is 0.334 e. The predicted octanol–water partition coefficient (Wildman–Crippen LogP) is 3.44. The maximum absolute atomic E-state index is 12.6. The molecule has 2 nitrogen and oxygen atoms in total. The minimum Gasteiger partial charge on any atom is -0.334 e. The summed E-state index contributed by atoms with van der Waals surface area (Å²) in [5.41, 5.74) is 2.39. The molecule has 1 aliphatic heterocycles. The van der Waals surface area contributed by atoms with Crippen molar-refractivity contribution in [3.8, 4) is 0 Å². The molecule has 0 N–H and O–H groups in total. The topological polar surface area (TPSA) is 20.3 Å². The second-order valence-corrected chi connectivity index (χ2v) is 5.43. The Morgan fingerprint density at radius 2 is 1.52 bits per heavy atom. The molecule has 2 aromatic rings. The lowest BCUT2D eigenvalue weighted by molar-refractivity contribution is -0.134. The molecule has 1 amide bonds. The first kappa shape index (κ1) is 13.6. The second kappa shape index (κ2) is 6.40. The Labute approximate surface area is 125 Å². The standard InChI is InChI=1S/C19H19NO/c21-19-18(14-16-8-3-1-4-9-16)12-7-13-20(19)15-17-10-5-2-6-11-17/h1-12,18H,13-15H2/t18-/m1/s1. The van der Waals surface area contributed by atoms with Gasteiger partial charge in [-0.1, -0.05) is 72.8 Å². The average Bonchev–Trinajstić information content (AvgIpc) is 2.53. The smallest absolute Gasteiger partial charge is 0.230 e. The molecule has 1 atom stereocenters. The molecular formula is C19H19NO. The molecule has 0 fully saturated rings. The predicted molar refractivity (Wildman–Crippen MR) is 84.6 cm³/mol. The molecule has 0 aliphatic carbocycles. The van der Waals surface area contributed by atoms with E-state index in [0.717, 1.165) is 6.42 Å². The Balaban J connectivity index is 1.69. The van der Waals surface area contributed by atoms with Crippen LogP contribution in [0, 0.1) is 5.92 Å². The van der Waals surface area contributed by atoms with E-state index in [1.54, 1.807) is 0 Å². The van der Waals surface area contributed by atoms with Crippen LogP contribution in [0.3, 0.4) is 0 Å². The van der Waals surface area contributed by atoms with Crippen molar-refractivity contribution in [2.75, 3.05) is 6.54 Å². The first-order valence-corrected chi connectivity index (χ1v) is 7.36. The summed E-state index contributed by atoms with van der Waals surface area (Å²) >= 11 is 0. The van der Waals surface area contributed by atoms with Crippen molar-refractivity contribution in [2.45, 2.75) is 13.0 Å². The molecule has 0 radical (unpaired) electrons. The molecule has 0 spiro atoms. The third-order valence-corrected chi connectivity index (χ3v) is 3.84. The molecule has 1 aliphatic rings. The fourth-order valence-electron chi connectivity index (χ4n) is 2.73. The molecule has 1 heterocycles. The Morgan fingerprint density at radius 3 is 2.19 bits per heavy atom. The summed E-state index contributed by atoms with van der Waals surface area (Å²) in [6, 6.07) is 20.4. The molecule has 2 aromatic carbocycles.